The molecule has 0 radical (unpaired) electrons. The topological polar surface area (TPSA) is 115 Å². The smallest absolute Gasteiger partial charge is 0.319 e. The Labute approximate surface area is 211 Å². The summed E-state index contributed by atoms with van der Waals surface area (Å²) in [5.74, 6) is 0.266. The maximum Gasteiger partial charge on any atom is 0.319 e. The van der Waals surface area contributed by atoms with Crippen molar-refractivity contribution >= 4 is 40.7 Å². The van der Waals surface area contributed by atoms with Gasteiger partial charge in [-0.1, -0.05) is 30.3 Å². The number of ether oxygens (including phenoxy) is 1. The lowest BCUT2D eigenvalue weighted by Gasteiger charge is -2.13. The molecule has 2 heterocycles. The Balaban J connectivity index is 1.36. The number of rotatable bonds is 7. The second kappa shape index (κ2) is 10.6. The number of hydrogen-bond donors (Lipinski definition) is 2. The number of para-hydroxylation sites is 1. The van der Waals surface area contributed by atoms with Gasteiger partial charge in [-0.15, -0.1) is 0 Å². The molecular weight excluding hydrogens is 482 g/mol. The highest BCUT2D eigenvalue weighted by atomic mass is 32.2. The summed E-state index contributed by atoms with van der Waals surface area (Å²) in [5, 5.41) is 4.78. The van der Waals surface area contributed by atoms with Crippen LogP contribution in [0.2, 0.25) is 0 Å². The van der Waals surface area contributed by atoms with Crippen LogP contribution < -0.4 is 20.9 Å². The predicted molar refractivity (Wildman–Crippen MR) is 138 cm³/mol. The molecular formula is C25H25N5O5S. The van der Waals surface area contributed by atoms with Crippen molar-refractivity contribution in [3.8, 4) is 11.4 Å². The second-order valence-corrected chi connectivity index (χ2v) is 8.92. The fourth-order valence-electron chi connectivity index (χ4n) is 3.70. The molecule has 36 heavy (non-hydrogen) atoms. The molecule has 1 fully saturated rings. The summed E-state index contributed by atoms with van der Waals surface area (Å²) in [6.07, 6.45) is 1.64. The van der Waals surface area contributed by atoms with E-state index in [0.29, 0.717) is 22.0 Å². The number of carbonyl (C=O) groups excluding carboxylic acids is 3. The highest BCUT2D eigenvalue weighted by Gasteiger charge is 2.34. The molecule has 0 atom stereocenters. The van der Waals surface area contributed by atoms with Crippen LogP contribution in [0.3, 0.4) is 0 Å². The zero-order valence-electron chi connectivity index (χ0n) is 20.0. The van der Waals surface area contributed by atoms with Crippen LogP contribution in [-0.4, -0.2) is 51.6 Å². The molecule has 0 aliphatic carbocycles. The Morgan fingerprint density at radius 1 is 1.06 bits per heavy atom. The van der Waals surface area contributed by atoms with Gasteiger partial charge in [0.15, 0.2) is 0 Å². The normalized spacial score (nSPS) is 14.4. The van der Waals surface area contributed by atoms with Gasteiger partial charge in [0.2, 0.25) is 0 Å². The van der Waals surface area contributed by atoms with Gasteiger partial charge in [0, 0.05) is 20.1 Å². The van der Waals surface area contributed by atoms with Gasteiger partial charge >= 0.3 is 6.03 Å². The lowest BCUT2D eigenvalue weighted by Crippen LogP contribution is -2.39. The Bertz CT molecular complexity index is 1390. The SMILES string of the molecule is COc1ccc(/C=C2\SC(=O)N(CCNC(=O)Nc3c(C)n(C)n(-c4ccccc4)c3=O)C2=O)cc1. The predicted octanol–water partition coefficient (Wildman–Crippen LogP) is 3.35. The molecule has 3 aromatic rings. The first kappa shape index (κ1) is 24.9. The molecule has 0 saturated carbocycles. The van der Waals surface area contributed by atoms with E-state index in [0.717, 1.165) is 22.2 Å². The van der Waals surface area contributed by atoms with Crippen molar-refractivity contribution in [2.24, 2.45) is 7.05 Å². The van der Waals surface area contributed by atoms with Gasteiger partial charge in [0.05, 0.1) is 23.4 Å². The molecule has 186 valence electrons. The highest BCUT2D eigenvalue weighted by Crippen LogP contribution is 2.32. The van der Waals surface area contributed by atoms with Crippen LogP contribution in [-0.2, 0) is 11.8 Å². The number of carbonyl (C=O) groups is 3. The first-order valence-electron chi connectivity index (χ1n) is 11.1. The largest absolute Gasteiger partial charge is 0.497 e. The third kappa shape index (κ3) is 5.05. The van der Waals surface area contributed by atoms with Gasteiger partial charge in [0.25, 0.3) is 16.7 Å². The molecule has 4 rings (SSSR count). The van der Waals surface area contributed by atoms with Crippen LogP contribution in [0.4, 0.5) is 15.3 Å². The summed E-state index contributed by atoms with van der Waals surface area (Å²) in [7, 11) is 3.29. The molecule has 2 N–H and O–H groups in total. The summed E-state index contributed by atoms with van der Waals surface area (Å²) < 4.78 is 8.24. The number of aromatic nitrogens is 2. The monoisotopic (exact) mass is 507 g/mol. The van der Waals surface area contributed by atoms with Crippen LogP contribution in [0.1, 0.15) is 11.3 Å². The molecule has 2 aromatic carbocycles. The lowest BCUT2D eigenvalue weighted by atomic mass is 10.2. The van der Waals surface area contributed by atoms with Gasteiger partial charge < -0.3 is 15.4 Å². The number of amides is 4. The number of hydrogen-bond acceptors (Lipinski definition) is 6. The van der Waals surface area contributed by atoms with E-state index in [4.69, 9.17) is 4.74 Å². The Morgan fingerprint density at radius 3 is 2.42 bits per heavy atom. The second-order valence-electron chi connectivity index (χ2n) is 7.92. The van der Waals surface area contributed by atoms with E-state index >= 15 is 0 Å². The van der Waals surface area contributed by atoms with Crippen molar-refractivity contribution in [2.45, 2.75) is 6.92 Å². The minimum absolute atomic E-state index is 0.0000581. The van der Waals surface area contributed by atoms with Gasteiger partial charge in [-0.3, -0.25) is 24.0 Å². The Kier molecular flexibility index (Phi) is 7.30. The quantitative estimate of drug-likeness (QED) is 0.474. The van der Waals surface area contributed by atoms with Crippen LogP contribution in [0.15, 0.2) is 64.3 Å². The molecule has 1 aliphatic heterocycles. The molecule has 1 saturated heterocycles. The number of anilines is 1. The number of benzene rings is 2. The molecule has 0 spiro atoms. The Morgan fingerprint density at radius 2 is 1.75 bits per heavy atom. The number of nitrogens with zero attached hydrogens (tertiary/aromatic N) is 3. The van der Waals surface area contributed by atoms with Gasteiger partial charge in [0.1, 0.15) is 11.4 Å². The van der Waals surface area contributed by atoms with E-state index in [1.165, 1.54) is 4.68 Å². The van der Waals surface area contributed by atoms with Crippen molar-refractivity contribution in [3.63, 3.8) is 0 Å². The van der Waals surface area contributed by atoms with Crippen molar-refractivity contribution in [1.29, 1.82) is 0 Å². The van der Waals surface area contributed by atoms with E-state index in [1.54, 1.807) is 68.2 Å². The molecule has 0 bridgehead atoms. The molecule has 1 aliphatic rings. The summed E-state index contributed by atoms with van der Waals surface area (Å²) in [6.45, 7) is 1.75. The molecule has 1 aromatic heterocycles. The van der Waals surface area contributed by atoms with Gasteiger partial charge in [-0.2, -0.15) is 0 Å². The molecule has 0 unspecified atom stereocenters. The maximum atomic E-state index is 12.9. The average Bonchev–Trinajstić information content (AvgIpc) is 3.26. The molecule has 11 heteroatoms. The van der Waals surface area contributed by atoms with Crippen molar-refractivity contribution < 1.29 is 19.1 Å². The maximum absolute atomic E-state index is 12.9. The summed E-state index contributed by atoms with van der Waals surface area (Å²) >= 11 is 0.846. The minimum atomic E-state index is -0.609. The van der Waals surface area contributed by atoms with Crippen LogP contribution in [0.25, 0.3) is 11.8 Å². The van der Waals surface area contributed by atoms with Crippen molar-refractivity contribution in [2.75, 3.05) is 25.5 Å². The fourth-order valence-corrected chi connectivity index (χ4v) is 4.56. The summed E-state index contributed by atoms with van der Waals surface area (Å²) in [4.78, 5) is 51.8. The first-order valence-corrected chi connectivity index (χ1v) is 11.9. The minimum Gasteiger partial charge on any atom is -0.497 e. The zero-order chi connectivity index (χ0) is 25.8. The number of imide groups is 1. The highest BCUT2D eigenvalue weighted by molar-refractivity contribution is 8.18. The van der Waals surface area contributed by atoms with E-state index < -0.39 is 17.2 Å². The zero-order valence-corrected chi connectivity index (χ0v) is 20.8. The number of nitrogens with one attached hydrogen (secondary N) is 2. The average molecular weight is 508 g/mol. The van der Waals surface area contributed by atoms with Gasteiger partial charge in [-0.05, 0) is 54.6 Å². The third-order valence-corrected chi connectivity index (χ3v) is 6.61. The van der Waals surface area contributed by atoms with Crippen molar-refractivity contribution in [3.05, 3.63) is 81.1 Å². The standard InChI is InChI=1S/C25H25N5O5S/c1-16-21(23(32)30(28(16)2)18-7-5-4-6-8-18)27-24(33)26-13-14-29-22(31)20(36-25(29)34)15-17-9-11-19(35-3)12-10-17/h4-12,15H,13-14H2,1-3H3,(H2,26,27,33)/b20-15-. The molecule has 4 amide bonds. The first-order chi connectivity index (χ1) is 17.3. The lowest BCUT2D eigenvalue weighted by molar-refractivity contribution is -0.122. The van der Waals surface area contributed by atoms with Gasteiger partial charge in [-0.25, -0.2) is 9.48 Å². The van der Waals surface area contributed by atoms with E-state index in [2.05, 4.69) is 10.6 Å². The Hall–Kier alpha value is -4.25. The number of thioether (sulfide) groups is 1. The van der Waals surface area contributed by atoms with Crippen LogP contribution in [0, 0.1) is 6.92 Å². The molecule has 10 nitrogen and oxygen atoms in total. The van der Waals surface area contributed by atoms with E-state index in [9.17, 15) is 19.2 Å². The van der Waals surface area contributed by atoms with E-state index in [-0.39, 0.29) is 24.3 Å². The van der Waals surface area contributed by atoms with Crippen LogP contribution >= 0.6 is 11.8 Å². The van der Waals surface area contributed by atoms with Crippen molar-refractivity contribution in [1.82, 2.24) is 19.6 Å². The number of methoxy groups -OCH3 is 1. The summed E-state index contributed by atoms with van der Waals surface area (Å²) in [6, 6.07) is 15.6. The fraction of sp³-hybridized carbons (Fsp3) is 0.200. The number of urea groups is 1. The summed E-state index contributed by atoms with van der Waals surface area (Å²) in [5.41, 5.74) is 1.79. The van der Waals surface area contributed by atoms with Crippen LogP contribution in [0.5, 0.6) is 5.75 Å². The van der Waals surface area contributed by atoms with E-state index in [1.807, 2.05) is 18.2 Å². The third-order valence-electron chi connectivity index (χ3n) is 5.70.